The van der Waals surface area contributed by atoms with Crippen molar-refractivity contribution >= 4 is 17.7 Å². The lowest BCUT2D eigenvalue weighted by Crippen LogP contribution is -2.49. The van der Waals surface area contributed by atoms with Crippen molar-refractivity contribution in [3.63, 3.8) is 0 Å². The van der Waals surface area contributed by atoms with Crippen LogP contribution in [0.3, 0.4) is 0 Å². The third kappa shape index (κ3) is 8.86. The van der Waals surface area contributed by atoms with E-state index >= 15 is 0 Å². The van der Waals surface area contributed by atoms with Crippen LogP contribution >= 0.6 is 0 Å². The molecule has 0 radical (unpaired) electrons. The van der Waals surface area contributed by atoms with Crippen molar-refractivity contribution in [2.45, 2.75) is 91.9 Å². The zero-order chi connectivity index (χ0) is 22.4. The minimum atomic E-state index is -0.912. The Morgan fingerprint density at radius 2 is 1.66 bits per heavy atom. The number of hydrogen-bond acceptors (Lipinski definition) is 4. The quantitative estimate of drug-likeness (QED) is 0.623. The van der Waals surface area contributed by atoms with Crippen molar-refractivity contribution in [1.82, 2.24) is 5.32 Å². The van der Waals surface area contributed by atoms with Crippen LogP contribution in [0.2, 0.25) is 0 Å². The number of amides is 2. The minimum absolute atomic E-state index is 0.0261. The van der Waals surface area contributed by atoms with E-state index in [2.05, 4.69) is 24.5 Å². The number of carbonyl (C=O) groups excluding carboxylic acids is 2. The summed E-state index contributed by atoms with van der Waals surface area (Å²) in [7, 11) is 0. The first-order valence-electron chi connectivity index (χ1n) is 10.3. The average molecular weight is 407 g/mol. The van der Waals surface area contributed by atoms with Crippen LogP contribution in [0.15, 0.2) is 18.2 Å². The van der Waals surface area contributed by atoms with Crippen molar-refractivity contribution < 1.29 is 19.1 Å². The maximum absolute atomic E-state index is 12.8. The Labute approximate surface area is 175 Å². The number of para-hydroxylation sites is 1. The molecule has 0 heterocycles. The summed E-state index contributed by atoms with van der Waals surface area (Å²) in [5.74, 6) is -0.271. The smallest absolute Gasteiger partial charge is 0.331 e. The highest BCUT2D eigenvalue weighted by atomic mass is 16.6. The van der Waals surface area contributed by atoms with E-state index in [1.54, 1.807) is 20.8 Å². The fourth-order valence-corrected chi connectivity index (χ4v) is 2.73. The Morgan fingerprint density at radius 1 is 1.03 bits per heavy atom. The van der Waals surface area contributed by atoms with Gasteiger partial charge >= 0.3 is 12.0 Å². The number of carbonyl (C=O) groups is 2. The van der Waals surface area contributed by atoms with Crippen molar-refractivity contribution in [2.75, 3.05) is 11.9 Å². The Balaban J connectivity index is 3.02. The van der Waals surface area contributed by atoms with Crippen LogP contribution in [0, 0.1) is 0 Å². The van der Waals surface area contributed by atoms with E-state index in [0.29, 0.717) is 0 Å². The molecule has 6 heteroatoms. The second-order valence-corrected chi connectivity index (χ2v) is 9.50. The third-order valence-corrected chi connectivity index (χ3v) is 4.10. The van der Waals surface area contributed by atoms with Crippen LogP contribution < -0.4 is 10.6 Å². The zero-order valence-corrected chi connectivity index (χ0v) is 19.4. The summed E-state index contributed by atoms with van der Waals surface area (Å²) in [6.45, 7) is 17.3. The van der Waals surface area contributed by atoms with Crippen LogP contribution in [0.1, 0.15) is 79.4 Å². The molecular formula is C23H38N2O4. The molecule has 0 aliphatic heterocycles. The monoisotopic (exact) mass is 406 g/mol. The first-order chi connectivity index (χ1) is 13.2. The molecule has 1 aromatic rings. The second-order valence-electron chi connectivity index (χ2n) is 9.50. The summed E-state index contributed by atoms with van der Waals surface area (Å²) < 4.78 is 11.2. The van der Waals surface area contributed by atoms with E-state index in [0.717, 1.165) is 23.2 Å². The topological polar surface area (TPSA) is 76.7 Å². The molecular weight excluding hydrogens is 368 g/mol. The van der Waals surface area contributed by atoms with Gasteiger partial charge in [-0.2, -0.15) is 0 Å². The standard InChI is InChI=1S/C23H38N2O4/c1-10-16-12-11-13-17(15(2)3)19(16)25-21(27)24-18(14-28-22(4,5)6)20(26)29-23(7,8)9/h11-13,15,18H,10,14H2,1-9H3,(H2,24,25,27). The fraction of sp³-hybridized carbons (Fsp3) is 0.652. The highest BCUT2D eigenvalue weighted by molar-refractivity contribution is 5.94. The van der Waals surface area contributed by atoms with E-state index in [-0.39, 0.29) is 12.5 Å². The third-order valence-electron chi connectivity index (χ3n) is 4.10. The largest absolute Gasteiger partial charge is 0.458 e. The maximum Gasteiger partial charge on any atom is 0.331 e. The molecule has 0 fully saturated rings. The Morgan fingerprint density at radius 3 is 2.14 bits per heavy atom. The van der Waals surface area contributed by atoms with Crippen LogP contribution in [-0.2, 0) is 20.7 Å². The number of nitrogens with one attached hydrogen (secondary N) is 2. The van der Waals surface area contributed by atoms with Crippen molar-refractivity contribution in [1.29, 1.82) is 0 Å². The van der Waals surface area contributed by atoms with Gasteiger partial charge in [0.15, 0.2) is 6.04 Å². The van der Waals surface area contributed by atoms with Gasteiger partial charge in [0.05, 0.1) is 12.2 Å². The molecule has 2 amide bonds. The van der Waals surface area contributed by atoms with E-state index in [1.165, 1.54) is 0 Å². The normalized spacial score (nSPS) is 13.2. The van der Waals surface area contributed by atoms with Gasteiger partial charge in [0.1, 0.15) is 5.60 Å². The Kier molecular flexibility index (Phi) is 8.69. The lowest BCUT2D eigenvalue weighted by molar-refractivity contribution is -0.160. The second kappa shape index (κ2) is 10.1. The number of benzene rings is 1. The molecule has 6 nitrogen and oxygen atoms in total. The van der Waals surface area contributed by atoms with Crippen LogP contribution in [0.25, 0.3) is 0 Å². The SMILES string of the molecule is CCc1cccc(C(C)C)c1NC(=O)NC(COC(C)(C)C)C(=O)OC(C)(C)C. The summed E-state index contributed by atoms with van der Waals surface area (Å²) in [6, 6.07) is 4.63. The predicted octanol–water partition coefficient (Wildman–Crippen LogP) is 5.02. The summed E-state index contributed by atoms with van der Waals surface area (Å²) >= 11 is 0. The molecule has 164 valence electrons. The molecule has 0 bridgehead atoms. The van der Waals surface area contributed by atoms with Crippen molar-refractivity contribution in [3.8, 4) is 0 Å². The first kappa shape index (κ1) is 25.0. The Hall–Kier alpha value is -2.08. The van der Waals surface area contributed by atoms with Crippen LogP contribution in [-0.4, -0.2) is 35.9 Å². The van der Waals surface area contributed by atoms with E-state index in [4.69, 9.17) is 9.47 Å². The molecule has 1 atom stereocenters. The van der Waals surface area contributed by atoms with Gasteiger partial charge in [0.2, 0.25) is 0 Å². The highest BCUT2D eigenvalue weighted by Crippen LogP contribution is 2.28. The molecule has 0 aliphatic carbocycles. The summed E-state index contributed by atoms with van der Waals surface area (Å²) in [6.07, 6.45) is 0.790. The lowest BCUT2D eigenvalue weighted by atomic mass is 9.96. The molecule has 1 aromatic carbocycles. The first-order valence-corrected chi connectivity index (χ1v) is 10.3. The molecule has 1 rings (SSSR count). The number of aryl methyl sites for hydroxylation is 1. The van der Waals surface area contributed by atoms with Gasteiger partial charge in [-0.3, -0.25) is 0 Å². The van der Waals surface area contributed by atoms with Gasteiger partial charge in [-0.1, -0.05) is 39.0 Å². The van der Waals surface area contributed by atoms with E-state index < -0.39 is 29.2 Å². The molecule has 29 heavy (non-hydrogen) atoms. The van der Waals surface area contributed by atoms with Gasteiger partial charge in [-0.25, -0.2) is 9.59 Å². The summed E-state index contributed by atoms with van der Waals surface area (Å²) in [4.78, 5) is 25.4. The summed E-state index contributed by atoms with van der Waals surface area (Å²) in [5, 5.41) is 5.67. The number of hydrogen-bond donors (Lipinski definition) is 2. The van der Waals surface area contributed by atoms with E-state index in [1.807, 2.05) is 45.9 Å². The van der Waals surface area contributed by atoms with Crippen LogP contribution in [0.5, 0.6) is 0 Å². The molecule has 0 spiro atoms. The van der Waals surface area contributed by atoms with Gasteiger partial charge in [-0.05, 0) is 65.0 Å². The van der Waals surface area contributed by atoms with Crippen molar-refractivity contribution in [2.24, 2.45) is 0 Å². The van der Waals surface area contributed by atoms with E-state index in [9.17, 15) is 9.59 Å². The van der Waals surface area contributed by atoms with Crippen molar-refractivity contribution in [3.05, 3.63) is 29.3 Å². The Bertz CT molecular complexity index is 700. The number of anilines is 1. The van der Waals surface area contributed by atoms with Gasteiger partial charge in [-0.15, -0.1) is 0 Å². The average Bonchev–Trinajstić information content (AvgIpc) is 2.56. The molecule has 1 unspecified atom stereocenters. The van der Waals surface area contributed by atoms with Gasteiger partial charge in [0, 0.05) is 5.69 Å². The minimum Gasteiger partial charge on any atom is -0.458 e. The number of esters is 1. The highest BCUT2D eigenvalue weighted by Gasteiger charge is 2.29. The molecule has 0 saturated heterocycles. The number of urea groups is 1. The van der Waals surface area contributed by atoms with Gasteiger partial charge in [0.25, 0.3) is 0 Å². The molecule has 0 saturated carbocycles. The summed E-state index contributed by atoms with van der Waals surface area (Å²) in [5.41, 5.74) is 1.79. The molecule has 0 aliphatic rings. The molecule has 0 aromatic heterocycles. The molecule has 2 N–H and O–H groups in total. The predicted molar refractivity (Wildman–Crippen MR) is 117 cm³/mol. The fourth-order valence-electron chi connectivity index (χ4n) is 2.73. The lowest BCUT2D eigenvalue weighted by Gasteiger charge is -2.27. The zero-order valence-electron chi connectivity index (χ0n) is 19.4. The number of rotatable bonds is 7. The maximum atomic E-state index is 12.8. The van der Waals surface area contributed by atoms with Crippen LogP contribution in [0.4, 0.5) is 10.5 Å². The number of ether oxygens (including phenoxy) is 2. The van der Waals surface area contributed by atoms with Gasteiger partial charge < -0.3 is 20.1 Å².